The predicted molar refractivity (Wildman–Crippen MR) is 75.8 cm³/mol. The van der Waals surface area contributed by atoms with Crippen LogP contribution in [-0.4, -0.2) is 17.2 Å². The zero-order valence-corrected chi connectivity index (χ0v) is 11.8. The molecule has 0 fully saturated rings. The number of hydrogen-bond acceptors (Lipinski definition) is 2. The summed E-state index contributed by atoms with van der Waals surface area (Å²) in [5, 5.41) is 13.8. The number of nitrogens with one attached hydrogen (secondary N) is 1. The average Bonchev–Trinajstić information content (AvgIpc) is 2.34. The molecule has 1 aromatic rings. The quantitative estimate of drug-likeness (QED) is 0.860. The molecule has 1 aliphatic carbocycles. The zero-order chi connectivity index (χ0) is 13.2. The molecule has 18 heavy (non-hydrogen) atoms. The number of hydrogen-bond donors (Lipinski definition) is 2. The Kier molecular flexibility index (Phi) is 4.08. The molecule has 100 valence electrons. The van der Waals surface area contributed by atoms with Gasteiger partial charge in [0, 0.05) is 12.1 Å². The second-order valence-corrected chi connectivity index (χ2v) is 6.34. The van der Waals surface area contributed by atoms with Gasteiger partial charge in [0.1, 0.15) is 0 Å². The van der Waals surface area contributed by atoms with Gasteiger partial charge in [-0.1, -0.05) is 18.2 Å². The molecule has 2 nitrogen and oxygen atoms in total. The summed E-state index contributed by atoms with van der Waals surface area (Å²) in [6.45, 7) is 7.00. The standard InChI is InChI=1S/C16H25NO/c1-16(2,3)17-11-15(18)14-10-6-8-12-7-4-5-9-13(12)14/h6,8,10,15,17-18H,4-5,7,9,11H2,1-3H3. The van der Waals surface area contributed by atoms with Gasteiger partial charge in [0.15, 0.2) is 0 Å². The lowest BCUT2D eigenvalue weighted by atomic mass is 9.86. The Morgan fingerprint density at radius 2 is 1.94 bits per heavy atom. The zero-order valence-electron chi connectivity index (χ0n) is 11.8. The van der Waals surface area contributed by atoms with Crippen molar-refractivity contribution < 1.29 is 5.11 Å². The van der Waals surface area contributed by atoms with Crippen LogP contribution in [0.25, 0.3) is 0 Å². The molecule has 1 unspecified atom stereocenters. The largest absolute Gasteiger partial charge is 0.387 e. The Morgan fingerprint density at radius 3 is 2.67 bits per heavy atom. The second-order valence-electron chi connectivity index (χ2n) is 6.34. The third-order valence-electron chi connectivity index (χ3n) is 3.62. The van der Waals surface area contributed by atoms with Crippen molar-refractivity contribution in [3.05, 3.63) is 34.9 Å². The van der Waals surface area contributed by atoms with E-state index in [1.807, 2.05) is 0 Å². The fourth-order valence-corrected chi connectivity index (χ4v) is 2.64. The molecule has 0 heterocycles. The normalized spacial score (nSPS) is 17.3. The van der Waals surface area contributed by atoms with Crippen molar-refractivity contribution in [1.82, 2.24) is 5.32 Å². The molecule has 0 aromatic heterocycles. The van der Waals surface area contributed by atoms with Gasteiger partial charge in [-0.2, -0.15) is 0 Å². The van der Waals surface area contributed by atoms with E-state index >= 15 is 0 Å². The van der Waals surface area contributed by atoms with Crippen molar-refractivity contribution >= 4 is 0 Å². The van der Waals surface area contributed by atoms with Gasteiger partial charge in [-0.3, -0.25) is 0 Å². The van der Waals surface area contributed by atoms with Crippen LogP contribution in [0.15, 0.2) is 18.2 Å². The first-order valence-corrected chi connectivity index (χ1v) is 7.01. The summed E-state index contributed by atoms with van der Waals surface area (Å²) in [5.41, 5.74) is 4.01. The lowest BCUT2D eigenvalue weighted by Gasteiger charge is -2.26. The molecule has 2 heteroatoms. The van der Waals surface area contributed by atoms with E-state index in [0.717, 1.165) is 12.0 Å². The number of benzene rings is 1. The van der Waals surface area contributed by atoms with Gasteiger partial charge in [0.2, 0.25) is 0 Å². The van der Waals surface area contributed by atoms with E-state index in [9.17, 15) is 5.11 Å². The van der Waals surface area contributed by atoms with E-state index in [0.29, 0.717) is 6.54 Å². The SMILES string of the molecule is CC(C)(C)NCC(O)c1cccc2c1CCCC2. The van der Waals surface area contributed by atoms with Crippen molar-refractivity contribution in [2.45, 2.75) is 58.1 Å². The van der Waals surface area contributed by atoms with Gasteiger partial charge in [-0.05, 0) is 63.1 Å². The molecule has 0 bridgehead atoms. The first-order chi connectivity index (χ1) is 8.47. The Labute approximate surface area is 110 Å². The van der Waals surface area contributed by atoms with Crippen LogP contribution >= 0.6 is 0 Å². The minimum Gasteiger partial charge on any atom is -0.387 e. The van der Waals surface area contributed by atoms with E-state index in [-0.39, 0.29) is 5.54 Å². The Balaban J connectivity index is 2.12. The summed E-state index contributed by atoms with van der Waals surface area (Å²) < 4.78 is 0. The number of aliphatic hydroxyl groups is 1. The fraction of sp³-hybridized carbons (Fsp3) is 0.625. The number of aliphatic hydroxyl groups excluding tert-OH is 1. The Hall–Kier alpha value is -0.860. The van der Waals surface area contributed by atoms with E-state index in [1.165, 1.54) is 30.4 Å². The highest BCUT2D eigenvalue weighted by Crippen LogP contribution is 2.28. The molecule has 0 saturated heterocycles. The van der Waals surface area contributed by atoms with Crippen molar-refractivity contribution in [2.75, 3.05) is 6.54 Å². The Morgan fingerprint density at radius 1 is 1.22 bits per heavy atom. The summed E-state index contributed by atoms with van der Waals surface area (Å²) in [7, 11) is 0. The topological polar surface area (TPSA) is 32.3 Å². The predicted octanol–water partition coefficient (Wildman–Crippen LogP) is 2.99. The second kappa shape index (κ2) is 5.41. The van der Waals surface area contributed by atoms with Gasteiger partial charge in [-0.25, -0.2) is 0 Å². The van der Waals surface area contributed by atoms with Crippen LogP contribution in [0.5, 0.6) is 0 Å². The van der Waals surface area contributed by atoms with Gasteiger partial charge in [0.05, 0.1) is 6.10 Å². The monoisotopic (exact) mass is 247 g/mol. The van der Waals surface area contributed by atoms with E-state index < -0.39 is 6.10 Å². The minimum atomic E-state index is -0.391. The smallest absolute Gasteiger partial charge is 0.0917 e. The Bertz CT molecular complexity index is 406. The molecule has 0 radical (unpaired) electrons. The van der Waals surface area contributed by atoms with Gasteiger partial charge >= 0.3 is 0 Å². The van der Waals surface area contributed by atoms with E-state index in [4.69, 9.17) is 0 Å². The number of fused-ring (bicyclic) bond motifs is 1. The summed E-state index contributed by atoms with van der Waals surface area (Å²) >= 11 is 0. The molecular formula is C16H25NO. The molecular weight excluding hydrogens is 222 g/mol. The number of β-amino-alcohol motifs (C(OH)–C–C–N with tert-alkyl or cyclic N) is 1. The summed E-state index contributed by atoms with van der Waals surface area (Å²) in [4.78, 5) is 0. The molecule has 0 amide bonds. The molecule has 1 aliphatic rings. The number of aryl methyl sites for hydroxylation is 1. The first-order valence-electron chi connectivity index (χ1n) is 7.01. The van der Waals surface area contributed by atoms with Gasteiger partial charge in [0.25, 0.3) is 0 Å². The molecule has 0 saturated carbocycles. The molecule has 2 N–H and O–H groups in total. The van der Waals surface area contributed by atoms with E-state index in [2.05, 4.69) is 44.3 Å². The average molecular weight is 247 g/mol. The molecule has 2 rings (SSSR count). The van der Waals surface area contributed by atoms with Crippen LogP contribution in [-0.2, 0) is 12.8 Å². The minimum absolute atomic E-state index is 0.0514. The van der Waals surface area contributed by atoms with Crippen molar-refractivity contribution in [3.63, 3.8) is 0 Å². The molecule has 0 spiro atoms. The van der Waals surface area contributed by atoms with Crippen molar-refractivity contribution in [1.29, 1.82) is 0 Å². The summed E-state index contributed by atoms with van der Waals surface area (Å²) in [6, 6.07) is 6.38. The lowest BCUT2D eigenvalue weighted by molar-refractivity contribution is 0.162. The maximum Gasteiger partial charge on any atom is 0.0917 e. The van der Waals surface area contributed by atoms with Gasteiger partial charge < -0.3 is 10.4 Å². The maximum absolute atomic E-state index is 10.4. The summed E-state index contributed by atoms with van der Waals surface area (Å²) in [6.07, 6.45) is 4.44. The fourth-order valence-electron chi connectivity index (χ4n) is 2.64. The van der Waals surface area contributed by atoms with Crippen LogP contribution in [0, 0.1) is 0 Å². The number of rotatable bonds is 3. The van der Waals surface area contributed by atoms with Crippen molar-refractivity contribution in [3.8, 4) is 0 Å². The van der Waals surface area contributed by atoms with Crippen LogP contribution < -0.4 is 5.32 Å². The molecule has 1 atom stereocenters. The van der Waals surface area contributed by atoms with Crippen LogP contribution in [0.1, 0.15) is 56.4 Å². The van der Waals surface area contributed by atoms with Crippen LogP contribution in [0.3, 0.4) is 0 Å². The van der Waals surface area contributed by atoms with Crippen LogP contribution in [0.2, 0.25) is 0 Å². The van der Waals surface area contributed by atoms with Gasteiger partial charge in [-0.15, -0.1) is 0 Å². The highest BCUT2D eigenvalue weighted by Gasteiger charge is 2.19. The highest BCUT2D eigenvalue weighted by atomic mass is 16.3. The maximum atomic E-state index is 10.4. The molecule has 0 aliphatic heterocycles. The van der Waals surface area contributed by atoms with Crippen molar-refractivity contribution in [2.24, 2.45) is 0 Å². The molecule has 1 aromatic carbocycles. The third kappa shape index (κ3) is 3.33. The lowest BCUT2D eigenvalue weighted by Crippen LogP contribution is -2.38. The first kappa shape index (κ1) is 13.6. The third-order valence-corrected chi connectivity index (χ3v) is 3.62. The highest BCUT2D eigenvalue weighted by molar-refractivity contribution is 5.38. The summed E-state index contributed by atoms with van der Waals surface area (Å²) in [5.74, 6) is 0. The van der Waals surface area contributed by atoms with E-state index in [1.54, 1.807) is 0 Å². The van der Waals surface area contributed by atoms with Crippen LogP contribution in [0.4, 0.5) is 0 Å².